The maximum absolute atomic E-state index is 5.73. The molecule has 0 spiro atoms. The maximum atomic E-state index is 5.73. The summed E-state index contributed by atoms with van der Waals surface area (Å²) in [7, 11) is 1.73. The Bertz CT molecular complexity index is 319. The zero-order chi connectivity index (χ0) is 12.0. The van der Waals surface area contributed by atoms with Crippen molar-refractivity contribution in [3.8, 4) is 5.75 Å². The molecule has 1 rings (SSSR count). The molecule has 1 atom stereocenters. The number of hydrogen-bond acceptors (Lipinski definition) is 2. The molecule has 0 fully saturated rings. The molecule has 0 aromatic heterocycles. The van der Waals surface area contributed by atoms with Crippen molar-refractivity contribution in [3.63, 3.8) is 0 Å². The van der Waals surface area contributed by atoms with E-state index in [0.29, 0.717) is 5.92 Å². The van der Waals surface area contributed by atoms with Crippen LogP contribution in [0.3, 0.4) is 0 Å². The molecule has 0 bridgehead atoms. The Kier molecular flexibility index (Phi) is 5.33. The highest BCUT2D eigenvalue weighted by atomic mass is 16.5. The van der Waals surface area contributed by atoms with Crippen LogP contribution in [0, 0.1) is 5.92 Å². The van der Waals surface area contributed by atoms with Crippen molar-refractivity contribution < 1.29 is 4.74 Å². The van der Waals surface area contributed by atoms with Gasteiger partial charge in [0.2, 0.25) is 0 Å². The van der Waals surface area contributed by atoms with Gasteiger partial charge in [-0.25, -0.2) is 0 Å². The van der Waals surface area contributed by atoms with E-state index in [-0.39, 0.29) is 0 Å². The van der Waals surface area contributed by atoms with Gasteiger partial charge in [-0.2, -0.15) is 0 Å². The van der Waals surface area contributed by atoms with Gasteiger partial charge in [0.25, 0.3) is 0 Å². The number of methoxy groups -OCH3 is 1. The Hall–Kier alpha value is -1.02. The number of hydrogen-bond donors (Lipinski definition) is 1. The maximum Gasteiger partial charge on any atom is 0.122 e. The molecule has 1 aromatic rings. The van der Waals surface area contributed by atoms with Crippen molar-refractivity contribution in [2.24, 2.45) is 11.7 Å². The van der Waals surface area contributed by atoms with Crippen molar-refractivity contribution in [2.75, 3.05) is 13.7 Å². The summed E-state index contributed by atoms with van der Waals surface area (Å²) in [6, 6.07) is 6.46. The Morgan fingerprint density at radius 1 is 1.31 bits per heavy atom. The zero-order valence-corrected chi connectivity index (χ0v) is 10.6. The Morgan fingerprint density at radius 2 is 2.06 bits per heavy atom. The first-order valence-electron chi connectivity index (χ1n) is 6.10. The van der Waals surface area contributed by atoms with Crippen LogP contribution in [0.2, 0.25) is 0 Å². The van der Waals surface area contributed by atoms with Gasteiger partial charge >= 0.3 is 0 Å². The highest BCUT2D eigenvalue weighted by molar-refractivity contribution is 5.37. The van der Waals surface area contributed by atoms with Crippen LogP contribution in [-0.2, 0) is 12.8 Å². The minimum atomic E-state index is 0.595. The quantitative estimate of drug-likeness (QED) is 0.801. The molecule has 0 saturated carbocycles. The van der Waals surface area contributed by atoms with Gasteiger partial charge in [0.1, 0.15) is 5.75 Å². The molecule has 1 aromatic carbocycles. The highest BCUT2D eigenvalue weighted by Gasteiger charge is 2.07. The van der Waals surface area contributed by atoms with E-state index in [1.807, 2.05) is 0 Å². The second kappa shape index (κ2) is 6.54. The van der Waals surface area contributed by atoms with Gasteiger partial charge < -0.3 is 10.5 Å². The second-order valence-electron chi connectivity index (χ2n) is 4.21. The number of rotatable bonds is 6. The molecule has 0 radical (unpaired) electrons. The van der Waals surface area contributed by atoms with Gasteiger partial charge in [0.05, 0.1) is 7.11 Å². The Labute approximate surface area is 98.8 Å². The highest BCUT2D eigenvalue weighted by Crippen LogP contribution is 2.22. The van der Waals surface area contributed by atoms with Crippen LogP contribution in [0.4, 0.5) is 0 Å². The first-order chi connectivity index (χ1) is 7.74. The predicted molar refractivity (Wildman–Crippen MR) is 68.9 cm³/mol. The molecule has 0 aliphatic carbocycles. The van der Waals surface area contributed by atoms with Crippen LogP contribution < -0.4 is 10.5 Å². The van der Waals surface area contributed by atoms with E-state index in [4.69, 9.17) is 10.5 Å². The largest absolute Gasteiger partial charge is 0.496 e. The summed E-state index contributed by atoms with van der Waals surface area (Å²) in [5.74, 6) is 1.59. The molecule has 0 aliphatic heterocycles. The molecule has 2 heteroatoms. The SMILES string of the molecule is CCc1cc(CC(CC)CN)ccc1OC. The Balaban J connectivity index is 2.82. The lowest BCUT2D eigenvalue weighted by molar-refractivity contribution is 0.409. The van der Waals surface area contributed by atoms with Crippen molar-refractivity contribution in [1.82, 2.24) is 0 Å². The summed E-state index contributed by atoms with van der Waals surface area (Å²) in [5, 5.41) is 0. The van der Waals surface area contributed by atoms with Crippen molar-refractivity contribution in [3.05, 3.63) is 29.3 Å². The zero-order valence-electron chi connectivity index (χ0n) is 10.6. The summed E-state index contributed by atoms with van der Waals surface area (Å²) in [4.78, 5) is 0. The molecule has 0 heterocycles. The van der Waals surface area contributed by atoms with Crippen LogP contribution in [-0.4, -0.2) is 13.7 Å². The Morgan fingerprint density at radius 3 is 2.56 bits per heavy atom. The summed E-state index contributed by atoms with van der Waals surface area (Å²) in [6.07, 6.45) is 3.23. The van der Waals surface area contributed by atoms with Crippen LogP contribution in [0.15, 0.2) is 18.2 Å². The molecule has 2 nitrogen and oxygen atoms in total. The van der Waals surface area contributed by atoms with Crippen LogP contribution in [0.5, 0.6) is 5.75 Å². The third-order valence-corrected chi connectivity index (χ3v) is 3.16. The number of benzene rings is 1. The molecular formula is C14H23NO. The molecule has 0 amide bonds. The summed E-state index contributed by atoms with van der Waals surface area (Å²) < 4.78 is 5.32. The minimum absolute atomic E-state index is 0.595. The fraction of sp³-hybridized carbons (Fsp3) is 0.571. The molecule has 0 aliphatic rings. The van der Waals surface area contributed by atoms with E-state index in [1.165, 1.54) is 11.1 Å². The lowest BCUT2D eigenvalue weighted by Gasteiger charge is -2.14. The number of nitrogens with two attached hydrogens (primary N) is 1. The van der Waals surface area contributed by atoms with E-state index in [2.05, 4.69) is 32.0 Å². The fourth-order valence-electron chi connectivity index (χ4n) is 1.96. The number of aryl methyl sites for hydroxylation is 1. The monoisotopic (exact) mass is 221 g/mol. The molecular weight excluding hydrogens is 198 g/mol. The molecule has 90 valence electrons. The van der Waals surface area contributed by atoms with Gasteiger partial charge in [-0.15, -0.1) is 0 Å². The lowest BCUT2D eigenvalue weighted by Crippen LogP contribution is -2.15. The smallest absolute Gasteiger partial charge is 0.122 e. The van der Waals surface area contributed by atoms with Gasteiger partial charge in [0.15, 0.2) is 0 Å². The standard InChI is InChI=1S/C14H23NO/c1-4-11(10-15)8-12-6-7-14(16-3)13(5-2)9-12/h6-7,9,11H,4-5,8,10,15H2,1-3H3. The van der Waals surface area contributed by atoms with E-state index in [9.17, 15) is 0 Å². The normalized spacial score (nSPS) is 12.5. The third kappa shape index (κ3) is 3.24. The third-order valence-electron chi connectivity index (χ3n) is 3.16. The van der Waals surface area contributed by atoms with Gasteiger partial charge in [0, 0.05) is 0 Å². The van der Waals surface area contributed by atoms with Gasteiger partial charge in [-0.05, 0) is 42.5 Å². The topological polar surface area (TPSA) is 35.2 Å². The van der Waals surface area contributed by atoms with Gasteiger partial charge in [-0.3, -0.25) is 0 Å². The number of ether oxygens (including phenoxy) is 1. The van der Waals surface area contributed by atoms with Crippen LogP contribution in [0.1, 0.15) is 31.4 Å². The predicted octanol–water partition coefficient (Wildman–Crippen LogP) is 2.79. The molecule has 1 unspecified atom stereocenters. The average Bonchev–Trinajstić information content (AvgIpc) is 2.35. The summed E-state index contributed by atoms with van der Waals surface area (Å²) in [5.41, 5.74) is 8.39. The van der Waals surface area contributed by atoms with Crippen molar-refractivity contribution in [1.29, 1.82) is 0 Å². The van der Waals surface area contributed by atoms with E-state index < -0.39 is 0 Å². The average molecular weight is 221 g/mol. The summed E-state index contributed by atoms with van der Waals surface area (Å²) >= 11 is 0. The first-order valence-corrected chi connectivity index (χ1v) is 6.10. The fourth-order valence-corrected chi connectivity index (χ4v) is 1.96. The van der Waals surface area contributed by atoms with Crippen molar-refractivity contribution >= 4 is 0 Å². The van der Waals surface area contributed by atoms with Crippen LogP contribution in [0.25, 0.3) is 0 Å². The van der Waals surface area contributed by atoms with Crippen LogP contribution >= 0.6 is 0 Å². The van der Waals surface area contributed by atoms with Crippen molar-refractivity contribution in [2.45, 2.75) is 33.1 Å². The summed E-state index contributed by atoms with van der Waals surface area (Å²) in [6.45, 7) is 5.12. The second-order valence-corrected chi connectivity index (χ2v) is 4.21. The lowest BCUT2D eigenvalue weighted by atomic mass is 9.95. The van der Waals surface area contributed by atoms with E-state index in [0.717, 1.165) is 31.6 Å². The minimum Gasteiger partial charge on any atom is -0.496 e. The van der Waals surface area contributed by atoms with E-state index >= 15 is 0 Å². The molecule has 16 heavy (non-hydrogen) atoms. The molecule has 2 N–H and O–H groups in total. The van der Waals surface area contributed by atoms with Gasteiger partial charge in [-0.1, -0.05) is 32.4 Å². The van der Waals surface area contributed by atoms with E-state index in [1.54, 1.807) is 7.11 Å². The molecule has 0 saturated heterocycles. The first kappa shape index (κ1) is 13.0.